The third-order valence-corrected chi connectivity index (χ3v) is 5.98. The molecule has 1 aliphatic rings. The average molecular weight is 373 g/mol. The van der Waals surface area contributed by atoms with E-state index in [0.29, 0.717) is 5.56 Å². The van der Waals surface area contributed by atoms with Crippen LogP contribution in [0.4, 0.5) is 0 Å². The van der Waals surface area contributed by atoms with E-state index in [1.165, 1.54) is 13.0 Å². The first-order valence-corrected chi connectivity index (χ1v) is 10.2. The van der Waals surface area contributed by atoms with Gasteiger partial charge in [0.15, 0.2) is 0 Å². The Labute approximate surface area is 160 Å². The first-order valence-electron chi connectivity index (χ1n) is 9.32. The van der Waals surface area contributed by atoms with Gasteiger partial charge in [0.25, 0.3) is 5.91 Å². The van der Waals surface area contributed by atoms with Crippen LogP contribution in [0, 0.1) is 0 Å². The molecule has 1 amide bonds. The summed E-state index contributed by atoms with van der Waals surface area (Å²) in [4.78, 5) is 23.1. The highest BCUT2D eigenvalue weighted by Gasteiger charge is 2.33. The summed E-state index contributed by atoms with van der Waals surface area (Å²) in [6.07, 6.45) is 3.08. The lowest BCUT2D eigenvalue weighted by Crippen LogP contribution is -2.55. The fraction of sp³-hybridized carbons (Fsp3) is 0.500. The van der Waals surface area contributed by atoms with Crippen molar-refractivity contribution in [3.8, 4) is 0 Å². The number of benzene rings is 1. The van der Waals surface area contributed by atoms with Gasteiger partial charge in [0.1, 0.15) is 0 Å². The number of carbonyl (C=O) groups excluding carboxylic acids is 1. The lowest BCUT2D eigenvalue weighted by molar-refractivity contribution is 0.0805. The number of piperazine rings is 1. The summed E-state index contributed by atoms with van der Waals surface area (Å²) in [6.45, 7) is 10.6. The molecule has 1 saturated heterocycles. The Hall–Kier alpha value is -1.76. The van der Waals surface area contributed by atoms with Crippen molar-refractivity contribution in [1.82, 2.24) is 20.1 Å². The van der Waals surface area contributed by atoms with Crippen molar-refractivity contribution in [2.45, 2.75) is 25.8 Å². The Morgan fingerprint density at radius 2 is 1.88 bits per heavy atom. The summed E-state index contributed by atoms with van der Waals surface area (Å²) in [7, 11) is 0. The van der Waals surface area contributed by atoms with Crippen LogP contribution in [0.1, 0.15) is 35.5 Å². The second kappa shape index (κ2) is 8.75. The Balaban J connectivity index is 1.70. The molecular weight excluding hydrogens is 344 g/mol. The molecule has 1 fully saturated rings. The molecule has 1 unspecified atom stereocenters. The van der Waals surface area contributed by atoms with Crippen molar-refractivity contribution in [2.75, 3.05) is 39.3 Å². The van der Waals surface area contributed by atoms with E-state index in [4.69, 9.17) is 0 Å². The summed E-state index contributed by atoms with van der Waals surface area (Å²) in [5, 5.41) is 3.27. The predicted molar refractivity (Wildman–Crippen MR) is 107 cm³/mol. The molecule has 0 spiro atoms. The molecule has 1 aromatic carbocycles. The lowest BCUT2D eigenvalue weighted by atomic mass is 9.98. The molecule has 1 atom stereocenters. The van der Waals surface area contributed by atoms with Gasteiger partial charge in [-0.2, -0.15) is 0 Å². The number of nitrogens with zero attached hydrogens (tertiary/aromatic N) is 3. The lowest BCUT2D eigenvalue weighted by Gasteiger charge is -2.40. The van der Waals surface area contributed by atoms with Crippen LogP contribution < -0.4 is 5.32 Å². The van der Waals surface area contributed by atoms with E-state index in [1.54, 1.807) is 11.3 Å². The van der Waals surface area contributed by atoms with Crippen molar-refractivity contribution < 1.29 is 4.79 Å². The van der Waals surface area contributed by atoms with E-state index in [9.17, 15) is 4.79 Å². The summed E-state index contributed by atoms with van der Waals surface area (Å²) in [6, 6.07) is 9.42. The van der Waals surface area contributed by atoms with Crippen molar-refractivity contribution in [2.24, 2.45) is 0 Å². The van der Waals surface area contributed by atoms with E-state index >= 15 is 0 Å². The number of hydrogen-bond acceptors (Lipinski definition) is 5. The molecule has 0 aliphatic carbocycles. The molecule has 3 rings (SSSR count). The zero-order valence-electron chi connectivity index (χ0n) is 15.6. The zero-order chi connectivity index (χ0) is 18.4. The number of carbonyl (C=O) groups is 1. The smallest absolute Gasteiger partial charge is 0.252 e. The minimum Gasteiger partial charge on any atom is -0.341 e. The minimum atomic E-state index is -0.443. The summed E-state index contributed by atoms with van der Waals surface area (Å²) in [5.41, 5.74) is 2.08. The number of rotatable bonds is 7. The van der Waals surface area contributed by atoms with E-state index in [1.807, 2.05) is 42.0 Å². The maximum Gasteiger partial charge on any atom is 0.252 e. The second-order valence-electron chi connectivity index (χ2n) is 7.14. The first kappa shape index (κ1) is 19.0. The Kier molecular flexibility index (Phi) is 6.40. The van der Waals surface area contributed by atoms with E-state index in [0.717, 1.165) is 37.6 Å². The number of amides is 1. The number of aromatic nitrogens is 1. The fourth-order valence-corrected chi connectivity index (χ4v) is 4.25. The molecular formula is C20H28N4OS. The van der Waals surface area contributed by atoms with Gasteiger partial charge < -0.3 is 10.2 Å². The monoisotopic (exact) mass is 372 g/mol. The maximum absolute atomic E-state index is 12.8. The van der Waals surface area contributed by atoms with Crippen LogP contribution in [-0.2, 0) is 5.54 Å². The van der Waals surface area contributed by atoms with Gasteiger partial charge in [-0.15, -0.1) is 11.3 Å². The van der Waals surface area contributed by atoms with Crippen LogP contribution in [0.15, 0.2) is 42.0 Å². The molecule has 0 saturated carbocycles. The van der Waals surface area contributed by atoms with Gasteiger partial charge in [-0.1, -0.05) is 25.1 Å². The van der Waals surface area contributed by atoms with Crippen LogP contribution in [0.25, 0.3) is 0 Å². The van der Waals surface area contributed by atoms with Gasteiger partial charge in [-0.05, 0) is 32.0 Å². The van der Waals surface area contributed by atoms with Crippen molar-refractivity contribution in [1.29, 1.82) is 0 Å². The molecule has 1 N–H and O–H groups in total. The zero-order valence-corrected chi connectivity index (χ0v) is 16.5. The van der Waals surface area contributed by atoms with Gasteiger partial charge in [-0.3, -0.25) is 14.7 Å². The fourth-order valence-electron chi connectivity index (χ4n) is 3.51. The molecule has 1 aliphatic heterocycles. The van der Waals surface area contributed by atoms with E-state index in [-0.39, 0.29) is 5.91 Å². The van der Waals surface area contributed by atoms with Gasteiger partial charge in [0.05, 0.1) is 15.9 Å². The Morgan fingerprint density at radius 1 is 1.19 bits per heavy atom. The molecule has 2 heterocycles. The van der Waals surface area contributed by atoms with Crippen LogP contribution >= 0.6 is 11.3 Å². The number of nitrogens with one attached hydrogen (secondary N) is 1. The largest absolute Gasteiger partial charge is 0.341 e. The molecule has 140 valence electrons. The second-order valence-corrected chi connectivity index (χ2v) is 8.02. The molecule has 0 radical (unpaired) electrons. The van der Waals surface area contributed by atoms with E-state index in [2.05, 4.69) is 33.9 Å². The topological polar surface area (TPSA) is 48.5 Å². The van der Waals surface area contributed by atoms with Gasteiger partial charge in [0, 0.05) is 44.5 Å². The van der Waals surface area contributed by atoms with Gasteiger partial charge >= 0.3 is 0 Å². The van der Waals surface area contributed by atoms with Crippen molar-refractivity contribution in [3.05, 3.63) is 52.5 Å². The molecule has 6 heteroatoms. The standard InChI is InChI=1S/C20H28N4OS/c1-3-9-23-10-12-24(13-11-23)15-20(2,18-14-21-16-26-18)22-19(25)17-7-5-4-6-8-17/h4-8,14,16H,3,9-13,15H2,1-2H3,(H,22,25). The predicted octanol–water partition coefficient (Wildman–Crippen LogP) is 2.82. The van der Waals surface area contributed by atoms with Crippen LogP contribution in [0.2, 0.25) is 0 Å². The highest BCUT2D eigenvalue weighted by Crippen LogP contribution is 2.26. The van der Waals surface area contributed by atoms with E-state index < -0.39 is 5.54 Å². The molecule has 26 heavy (non-hydrogen) atoms. The highest BCUT2D eigenvalue weighted by molar-refractivity contribution is 7.09. The van der Waals surface area contributed by atoms with Gasteiger partial charge in [-0.25, -0.2) is 0 Å². The van der Waals surface area contributed by atoms with Crippen LogP contribution in [0.3, 0.4) is 0 Å². The molecule has 2 aromatic rings. The summed E-state index contributed by atoms with van der Waals surface area (Å²) in [5.74, 6) is -0.0360. The number of hydrogen-bond donors (Lipinski definition) is 1. The molecule has 0 bridgehead atoms. The summed E-state index contributed by atoms with van der Waals surface area (Å²) >= 11 is 1.60. The molecule has 5 nitrogen and oxygen atoms in total. The van der Waals surface area contributed by atoms with Crippen molar-refractivity contribution in [3.63, 3.8) is 0 Å². The maximum atomic E-state index is 12.8. The third kappa shape index (κ3) is 4.69. The quantitative estimate of drug-likeness (QED) is 0.812. The highest BCUT2D eigenvalue weighted by atomic mass is 32.1. The Morgan fingerprint density at radius 3 is 2.50 bits per heavy atom. The first-order chi connectivity index (χ1) is 12.6. The van der Waals surface area contributed by atoms with Gasteiger partial charge in [0.2, 0.25) is 0 Å². The average Bonchev–Trinajstić information content (AvgIpc) is 3.20. The van der Waals surface area contributed by atoms with Crippen molar-refractivity contribution >= 4 is 17.2 Å². The molecule has 1 aromatic heterocycles. The van der Waals surface area contributed by atoms with Crippen LogP contribution in [-0.4, -0.2) is 60.0 Å². The number of thiazole rings is 1. The normalized spacial score (nSPS) is 18.4. The third-order valence-electron chi connectivity index (χ3n) is 4.95. The Bertz CT molecular complexity index is 683. The minimum absolute atomic E-state index is 0.0360. The summed E-state index contributed by atoms with van der Waals surface area (Å²) < 4.78 is 0. The van der Waals surface area contributed by atoms with Crippen LogP contribution in [0.5, 0.6) is 0 Å². The SMILES string of the molecule is CCCN1CCN(CC(C)(NC(=O)c2ccccc2)c2cncs2)CC1.